The zero-order chi connectivity index (χ0) is 14.5. The minimum Gasteiger partial charge on any atom is -0.294 e. The number of hydrogen-bond donors (Lipinski definition) is 0. The predicted molar refractivity (Wildman–Crippen MR) is 87.8 cm³/mol. The van der Waals surface area contributed by atoms with Crippen LogP contribution < -0.4 is 0 Å². The third-order valence-electron chi connectivity index (χ3n) is 3.62. The highest BCUT2D eigenvalue weighted by molar-refractivity contribution is 7.79. The van der Waals surface area contributed by atoms with Crippen LogP contribution >= 0.6 is 12.2 Å². The smallest absolute Gasteiger partial charge is 0.163 e. The Hall–Kier alpha value is -1.80. The number of rotatable bonds is 5. The van der Waals surface area contributed by atoms with Gasteiger partial charge in [0.2, 0.25) is 0 Å². The molecule has 0 bridgehead atoms. The van der Waals surface area contributed by atoms with E-state index in [1.807, 2.05) is 24.3 Å². The Bertz CT molecular complexity index is 606. The van der Waals surface area contributed by atoms with E-state index in [0.29, 0.717) is 6.42 Å². The number of benzene rings is 2. The van der Waals surface area contributed by atoms with Crippen molar-refractivity contribution in [3.63, 3.8) is 0 Å². The molecule has 0 fully saturated rings. The molecular weight excluding hydrogens is 264 g/mol. The molecule has 2 heteroatoms. The molecule has 0 saturated heterocycles. The van der Waals surface area contributed by atoms with Crippen molar-refractivity contribution in [2.45, 2.75) is 26.7 Å². The van der Waals surface area contributed by atoms with Gasteiger partial charge in [-0.3, -0.25) is 4.79 Å². The predicted octanol–water partition coefficient (Wildman–Crippen LogP) is 4.47. The second-order valence-electron chi connectivity index (χ2n) is 5.03. The molecule has 0 spiro atoms. The molecule has 0 atom stereocenters. The summed E-state index contributed by atoms with van der Waals surface area (Å²) in [6.45, 7) is 4.20. The first-order chi connectivity index (χ1) is 9.61. The number of carbonyl (C=O) groups excluding carboxylic acids is 1. The fraction of sp³-hybridized carbons (Fsp3) is 0.222. The molecule has 2 rings (SSSR count). The van der Waals surface area contributed by atoms with Gasteiger partial charge >= 0.3 is 0 Å². The van der Waals surface area contributed by atoms with E-state index in [0.717, 1.165) is 17.5 Å². The van der Waals surface area contributed by atoms with Crippen LogP contribution in [0.2, 0.25) is 0 Å². The molecule has 20 heavy (non-hydrogen) atoms. The molecule has 102 valence electrons. The minimum atomic E-state index is 0.184. The minimum absolute atomic E-state index is 0.184. The van der Waals surface area contributed by atoms with Gasteiger partial charge in [0.25, 0.3) is 0 Å². The van der Waals surface area contributed by atoms with Gasteiger partial charge in [-0.05, 0) is 42.5 Å². The van der Waals surface area contributed by atoms with Gasteiger partial charge in [0.15, 0.2) is 5.78 Å². The van der Waals surface area contributed by atoms with E-state index < -0.39 is 0 Å². The summed E-state index contributed by atoms with van der Waals surface area (Å²) in [5.74, 6) is 0.184. The standard InChI is InChI=1S/C18H18OS/c1-13-4-3-5-14(2)17(13)10-11-18(19)16-8-6-15(12-20)7-9-16/h3-9,12H,10-11H2,1-2H3. The Labute approximate surface area is 125 Å². The highest BCUT2D eigenvalue weighted by atomic mass is 32.1. The first kappa shape index (κ1) is 14.6. The van der Waals surface area contributed by atoms with Crippen LogP contribution in [0.15, 0.2) is 42.5 Å². The number of thiocarbonyl (C=S) groups is 1. The molecule has 2 aromatic carbocycles. The largest absolute Gasteiger partial charge is 0.294 e. The number of Topliss-reactive ketones (excluding diaryl/α,β-unsaturated/α-hetero) is 1. The SMILES string of the molecule is Cc1cccc(C)c1CCC(=O)c1ccc(C=S)cc1. The van der Waals surface area contributed by atoms with Crippen LogP contribution in [0, 0.1) is 13.8 Å². The Balaban J connectivity index is 2.06. The Kier molecular flexibility index (Phi) is 4.80. The summed E-state index contributed by atoms with van der Waals surface area (Å²) in [6.07, 6.45) is 1.34. The molecule has 1 nitrogen and oxygen atoms in total. The Morgan fingerprint density at radius 1 is 1.05 bits per heavy atom. The maximum Gasteiger partial charge on any atom is 0.163 e. The van der Waals surface area contributed by atoms with Crippen molar-refractivity contribution < 1.29 is 4.79 Å². The van der Waals surface area contributed by atoms with E-state index in [4.69, 9.17) is 12.2 Å². The van der Waals surface area contributed by atoms with Gasteiger partial charge in [0, 0.05) is 17.4 Å². The average Bonchev–Trinajstić information content (AvgIpc) is 2.46. The van der Waals surface area contributed by atoms with E-state index in [9.17, 15) is 4.79 Å². The van der Waals surface area contributed by atoms with Gasteiger partial charge in [0.1, 0.15) is 0 Å². The lowest BCUT2D eigenvalue weighted by atomic mass is 9.96. The summed E-state index contributed by atoms with van der Waals surface area (Å²) in [7, 11) is 0. The third-order valence-corrected chi connectivity index (χ3v) is 3.89. The van der Waals surface area contributed by atoms with E-state index in [-0.39, 0.29) is 5.78 Å². The lowest BCUT2D eigenvalue weighted by Gasteiger charge is -2.09. The van der Waals surface area contributed by atoms with E-state index in [2.05, 4.69) is 32.0 Å². The summed E-state index contributed by atoms with van der Waals surface area (Å²) in [6, 6.07) is 13.7. The van der Waals surface area contributed by atoms with Crippen molar-refractivity contribution in [3.05, 3.63) is 70.3 Å². The van der Waals surface area contributed by atoms with E-state index >= 15 is 0 Å². The second kappa shape index (κ2) is 6.58. The van der Waals surface area contributed by atoms with E-state index in [1.165, 1.54) is 16.7 Å². The summed E-state index contributed by atoms with van der Waals surface area (Å²) in [4.78, 5) is 12.2. The van der Waals surface area contributed by atoms with Gasteiger partial charge in [-0.15, -0.1) is 0 Å². The van der Waals surface area contributed by atoms with Crippen molar-refractivity contribution in [1.29, 1.82) is 0 Å². The number of ketones is 1. The van der Waals surface area contributed by atoms with Crippen LogP contribution in [0.5, 0.6) is 0 Å². The van der Waals surface area contributed by atoms with Gasteiger partial charge in [-0.25, -0.2) is 0 Å². The summed E-state index contributed by atoms with van der Waals surface area (Å²) < 4.78 is 0. The molecule has 0 unspecified atom stereocenters. The van der Waals surface area contributed by atoms with Crippen molar-refractivity contribution in [1.82, 2.24) is 0 Å². The van der Waals surface area contributed by atoms with Crippen molar-refractivity contribution in [2.75, 3.05) is 0 Å². The molecule has 0 aliphatic rings. The van der Waals surface area contributed by atoms with Crippen LogP contribution in [-0.2, 0) is 6.42 Å². The average molecular weight is 282 g/mol. The number of carbonyl (C=O) groups is 1. The van der Waals surface area contributed by atoms with Crippen LogP contribution in [0.25, 0.3) is 0 Å². The number of hydrogen-bond acceptors (Lipinski definition) is 2. The monoisotopic (exact) mass is 282 g/mol. The normalized spacial score (nSPS) is 10.3. The van der Waals surface area contributed by atoms with Crippen molar-refractivity contribution in [3.8, 4) is 0 Å². The lowest BCUT2D eigenvalue weighted by Crippen LogP contribution is -2.03. The zero-order valence-corrected chi connectivity index (χ0v) is 12.7. The maximum absolute atomic E-state index is 12.2. The van der Waals surface area contributed by atoms with Crippen molar-refractivity contribution >= 4 is 23.4 Å². The summed E-state index contributed by atoms with van der Waals surface area (Å²) >= 11 is 4.86. The van der Waals surface area contributed by atoms with Gasteiger partial charge in [-0.1, -0.05) is 54.7 Å². The molecular formula is C18H18OS. The van der Waals surface area contributed by atoms with Crippen LogP contribution in [0.1, 0.15) is 39.0 Å². The fourth-order valence-electron chi connectivity index (χ4n) is 2.37. The van der Waals surface area contributed by atoms with Gasteiger partial charge < -0.3 is 0 Å². The first-order valence-corrected chi connectivity index (χ1v) is 7.22. The molecule has 0 amide bonds. The topological polar surface area (TPSA) is 17.1 Å². The van der Waals surface area contributed by atoms with Gasteiger partial charge in [-0.2, -0.15) is 0 Å². The second-order valence-corrected chi connectivity index (χ2v) is 5.27. The maximum atomic E-state index is 12.2. The van der Waals surface area contributed by atoms with Crippen molar-refractivity contribution in [2.24, 2.45) is 0 Å². The molecule has 0 saturated carbocycles. The molecule has 0 radical (unpaired) electrons. The highest BCUT2D eigenvalue weighted by Gasteiger charge is 2.08. The highest BCUT2D eigenvalue weighted by Crippen LogP contribution is 2.17. The molecule has 0 aliphatic heterocycles. The summed E-state index contributed by atoms with van der Waals surface area (Å²) in [5.41, 5.74) is 5.53. The Morgan fingerprint density at radius 2 is 1.65 bits per heavy atom. The quantitative estimate of drug-likeness (QED) is 0.594. The third kappa shape index (κ3) is 3.40. The molecule has 0 aliphatic carbocycles. The Morgan fingerprint density at radius 3 is 2.20 bits per heavy atom. The molecule has 0 aromatic heterocycles. The first-order valence-electron chi connectivity index (χ1n) is 6.75. The molecule has 2 aromatic rings. The van der Waals surface area contributed by atoms with E-state index in [1.54, 1.807) is 5.37 Å². The fourth-order valence-corrected chi connectivity index (χ4v) is 2.53. The van der Waals surface area contributed by atoms with Gasteiger partial charge in [0.05, 0.1) is 0 Å². The van der Waals surface area contributed by atoms with Crippen LogP contribution in [-0.4, -0.2) is 11.2 Å². The molecule has 0 heterocycles. The zero-order valence-electron chi connectivity index (χ0n) is 11.8. The van der Waals surface area contributed by atoms with Crippen LogP contribution in [0.4, 0.5) is 0 Å². The van der Waals surface area contributed by atoms with Crippen LogP contribution in [0.3, 0.4) is 0 Å². The summed E-state index contributed by atoms with van der Waals surface area (Å²) in [5, 5.41) is 1.62. The number of aryl methyl sites for hydroxylation is 2. The molecule has 0 N–H and O–H groups in total. The lowest BCUT2D eigenvalue weighted by molar-refractivity contribution is 0.0983.